The zero-order chi connectivity index (χ0) is 11.7. The zero-order valence-corrected chi connectivity index (χ0v) is 10.3. The van der Waals surface area contributed by atoms with Crippen molar-refractivity contribution in [3.8, 4) is 0 Å². The molecule has 1 fully saturated rings. The van der Waals surface area contributed by atoms with E-state index in [1.54, 1.807) is 0 Å². The molecule has 1 heteroatoms. The van der Waals surface area contributed by atoms with E-state index in [0.29, 0.717) is 5.92 Å². The molecule has 1 nitrogen and oxygen atoms in total. The van der Waals surface area contributed by atoms with Gasteiger partial charge in [0.1, 0.15) is 0 Å². The van der Waals surface area contributed by atoms with Gasteiger partial charge in [-0.15, -0.1) is 0 Å². The Kier molecular flexibility index (Phi) is 2.86. The second kappa shape index (κ2) is 4.50. The minimum Gasteiger partial charge on any atom is -0.376 e. The van der Waals surface area contributed by atoms with E-state index in [-0.39, 0.29) is 0 Å². The largest absolute Gasteiger partial charge is 0.376 e. The summed E-state index contributed by atoms with van der Waals surface area (Å²) in [6.07, 6.45) is 4.74. The predicted octanol–water partition coefficient (Wildman–Crippen LogP) is 3.83. The standard InChI is InChI=1S/C16H18O/c1-12-7-8-15(13-5-3-2-4-6-13)16-11-17-10-14(16)9-12/h2-6,9,14H,7-8,10-11H2,1H3. The van der Waals surface area contributed by atoms with Crippen molar-refractivity contribution in [2.24, 2.45) is 5.92 Å². The summed E-state index contributed by atoms with van der Waals surface area (Å²) in [5.41, 5.74) is 5.90. The van der Waals surface area contributed by atoms with Crippen LogP contribution in [0.15, 0.2) is 47.6 Å². The van der Waals surface area contributed by atoms with Gasteiger partial charge in [-0.05, 0) is 36.5 Å². The van der Waals surface area contributed by atoms with Crippen molar-refractivity contribution in [2.75, 3.05) is 13.2 Å². The number of allylic oxidation sites excluding steroid dienone is 2. The van der Waals surface area contributed by atoms with E-state index in [1.807, 2.05) is 0 Å². The first-order valence-electron chi connectivity index (χ1n) is 6.37. The molecule has 0 saturated carbocycles. The van der Waals surface area contributed by atoms with Crippen molar-refractivity contribution in [1.29, 1.82) is 0 Å². The molecule has 1 saturated heterocycles. The topological polar surface area (TPSA) is 9.23 Å². The summed E-state index contributed by atoms with van der Waals surface area (Å²) in [6.45, 7) is 3.92. The van der Waals surface area contributed by atoms with Crippen LogP contribution in [0.1, 0.15) is 25.3 Å². The Labute approximate surface area is 103 Å². The van der Waals surface area contributed by atoms with Crippen molar-refractivity contribution in [2.45, 2.75) is 19.8 Å². The number of rotatable bonds is 1. The van der Waals surface area contributed by atoms with Crippen LogP contribution in [0.25, 0.3) is 5.57 Å². The maximum Gasteiger partial charge on any atom is 0.0689 e. The van der Waals surface area contributed by atoms with Gasteiger partial charge in [-0.1, -0.05) is 42.0 Å². The molecule has 17 heavy (non-hydrogen) atoms. The molecular formula is C16H18O. The van der Waals surface area contributed by atoms with Crippen molar-refractivity contribution < 1.29 is 4.74 Å². The van der Waals surface area contributed by atoms with Gasteiger partial charge in [0.15, 0.2) is 0 Å². The molecule has 2 aliphatic rings. The van der Waals surface area contributed by atoms with E-state index in [9.17, 15) is 0 Å². The van der Waals surface area contributed by atoms with Gasteiger partial charge in [-0.2, -0.15) is 0 Å². The second-order valence-electron chi connectivity index (χ2n) is 5.00. The van der Waals surface area contributed by atoms with E-state index < -0.39 is 0 Å². The Bertz CT molecular complexity index is 468. The van der Waals surface area contributed by atoms with Crippen LogP contribution in [0.5, 0.6) is 0 Å². The van der Waals surface area contributed by atoms with Gasteiger partial charge < -0.3 is 4.74 Å². The molecule has 3 rings (SSSR count). The number of ether oxygens (including phenoxy) is 1. The highest BCUT2D eigenvalue weighted by Gasteiger charge is 2.25. The predicted molar refractivity (Wildman–Crippen MR) is 70.7 cm³/mol. The fraction of sp³-hybridized carbons (Fsp3) is 0.375. The molecule has 0 radical (unpaired) electrons. The highest BCUT2D eigenvalue weighted by atomic mass is 16.5. The molecule has 1 atom stereocenters. The molecule has 1 aliphatic carbocycles. The maximum atomic E-state index is 5.64. The number of fused-ring (bicyclic) bond motifs is 1. The lowest BCUT2D eigenvalue weighted by molar-refractivity contribution is 0.195. The summed E-state index contributed by atoms with van der Waals surface area (Å²) < 4.78 is 5.64. The van der Waals surface area contributed by atoms with Crippen LogP contribution in [0.2, 0.25) is 0 Å². The summed E-state index contributed by atoms with van der Waals surface area (Å²) in [5.74, 6) is 0.521. The second-order valence-corrected chi connectivity index (χ2v) is 5.00. The molecule has 0 spiro atoms. The summed E-state index contributed by atoms with van der Waals surface area (Å²) in [7, 11) is 0. The van der Waals surface area contributed by atoms with Crippen LogP contribution in [0.3, 0.4) is 0 Å². The van der Waals surface area contributed by atoms with Gasteiger partial charge in [-0.25, -0.2) is 0 Å². The fourth-order valence-corrected chi connectivity index (χ4v) is 2.84. The van der Waals surface area contributed by atoms with Crippen LogP contribution in [-0.2, 0) is 4.74 Å². The van der Waals surface area contributed by atoms with Gasteiger partial charge >= 0.3 is 0 Å². The van der Waals surface area contributed by atoms with Crippen LogP contribution < -0.4 is 0 Å². The molecule has 0 bridgehead atoms. The lowest BCUT2D eigenvalue weighted by Gasteiger charge is -2.11. The molecule has 0 N–H and O–H groups in total. The molecule has 1 aromatic carbocycles. The van der Waals surface area contributed by atoms with Gasteiger partial charge in [0, 0.05) is 5.92 Å². The monoisotopic (exact) mass is 226 g/mol. The van der Waals surface area contributed by atoms with Crippen LogP contribution >= 0.6 is 0 Å². The third kappa shape index (κ3) is 2.07. The van der Waals surface area contributed by atoms with E-state index in [0.717, 1.165) is 19.6 Å². The SMILES string of the molecule is CC1=CC2COCC2=C(c2ccccc2)CC1. The van der Waals surface area contributed by atoms with Gasteiger partial charge in [0.25, 0.3) is 0 Å². The third-order valence-electron chi connectivity index (χ3n) is 3.77. The van der Waals surface area contributed by atoms with Crippen molar-refractivity contribution in [3.05, 3.63) is 53.1 Å². The van der Waals surface area contributed by atoms with E-state index in [4.69, 9.17) is 4.74 Å². The lowest BCUT2D eigenvalue weighted by atomic mass is 9.92. The Hall–Kier alpha value is -1.34. The Balaban J connectivity index is 2.04. The summed E-state index contributed by atoms with van der Waals surface area (Å²) >= 11 is 0. The number of benzene rings is 1. The molecule has 88 valence electrons. The molecule has 1 aliphatic heterocycles. The first kappa shape index (κ1) is 10.8. The van der Waals surface area contributed by atoms with Gasteiger partial charge in [-0.3, -0.25) is 0 Å². The molecule has 0 amide bonds. The highest BCUT2D eigenvalue weighted by molar-refractivity contribution is 5.71. The highest BCUT2D eigenvalue weighted by Crippen LogP contribution is 2.36. The van der Waals surface area contributed by atoms with Crippen molar-refractivity contribution in [1.82, 2.24) is 0 Å². The first-order valence-corrected chi connectivity index (χ1v) is 6.37. The van der Waals surface area contributed by atoms with Gasteiger partial charge in [0.05, 0.1) is 13.2 Å². The van der Waals surface area contributed by atoms with Crippen LogP contribution in [-0.4, -0.2) is 13.2 Å². The van der Waals surface area contributed by atoms with Crippen molar-refractivity contribution in [3.63, 3.8) is 0 Å². The Morgan fingerprint density at radius 2 is 1.94 bits per heavy atom. The van der Waals surface area contributed by atoms with Crippen LogP contribution in [0.4, 0.5) is 0 Å². The minimum absolute atomic E-state index is 0.521. The zero-order valence-electron chi connectivity index (χ0n) is 10.3. The third-order valence-corrected chi connectivity index (χ3v) is 3.77. The molecule has 1 unspecified atom stereocenters. The number of hydrogen-bond acceptors (Lipinski definition) is 1. The average molecular weight is 226 g/mol. The maximum absolute atomic E-state index is 5.64. The molecular weight excluding hydrogens is 208 g/mol. The first-order chi connectivity index (χ1) is 8.34. The molecule has 1 aromatic rings. The van der Waals surface area contributed by atoms with E-state index in [1.165, 1.54) is 28.7 Å². The Morgan fingerprint density at radius 1 is 1.12 bits per heavy atom. The quantitative estimate of drug-likeness (QED) is 0.661. The smallest absolute Gasteiger partial charge is 0.0689 e. The van der Waals surface area contributed by atoms with Crippen molar-refractivity contribution >= 4 is 5.57 Å². The molecule has 1 heterocycles. The normalized spacial score (nSPS) is 24.3. The summed E-state index contributed by atoms with van der Waals surface area (Å²) in [5, 5.41) is 0. The fourth-order valence-electron chi connectivity index (χ4n) is 2.84. The number of hydrogen-bond donors (Lipinski definition) is 0. The molecule has 0 aromatic heterocycles. The minimum atomic E-state index is 0.521. The Morgan fingerprint density at radius 3 is 2.76 bits per heavy atom. The van der Waals surface area contributed by atoms with Crippen LogP contribution in [0, 0.1) is 5.92 Å². The van der Waals surface area contributed by atoms with E-state index in [2.05, 4.69) is 43.3 Å². The average Bonchev–Trinajstić information content (AvgIpc) is 2.73. The lowest BCUT2D eigenvalue weighted by Crippen LogP contribution is -2.00. The van der Waals surface area contributed by atoms with E-state index >= 15 is 0 Å². The summed E-state index contributed by atoms with van der Waals surface area (Å²) in [6, 6.07) is 10.8. The van der Waals surface area contributed by atoms with Gasteiger partial charge in [0.2, 0.25) is 0 Å². The summed E-state index contributed by atoms with van der Waals surface area (Å²) in [4.78, 5) is 0.